The zero-order chi connectivity index (χ0) is 20.7. The fourth-order valence-corrected chi connectivity index (χ4v) is 3.49. The van der Waals surface area contributed by atoms with Crippen molar-refractivity contribution in [1.82, 2.24) is 10.3 Å². The van der Waals surface area contributed by atoms with Gasteiger partial charge in [0.1, 0.15) is 29.0 Å². The van der Waals surface area contributed by atoms with Crippen molar-refractivity contribution in [2.45, 2.75) is 38.8 Å². The molecule has 1 heterocycles. The SMILES string of the molecule is CCOC1CC(NC(=O)c2coc(-c3c(F)cccc3F)n2)(C(=O)O)C1(C)C. The fourth-order valence-electron chi connectivity index (χ4n) is 3.49. The van der Waals surface area contributed by atoms with Gasteiger partial charge in [0.25, 0.3) is 5.91 Å². The number of nitrogens with one attached hydrogen (secondary N) is 1. The number of aromatic nitrogens is 1. The van der Waals surface area contributed by atoms with Crippen molar-refractivity contribution in [3.8, 4) is 11.5 Å². The van der Waals surface area contributed by atoms with Crippen LogP contribution in [0.5, 0.6) is 0 Å². The van der Waals surface area contributed by atoms with Gasteiger partial charge < -0.3 is 19.6 Å². The van der Waals surface area contributed by atoms with Crippen LogP contribution in [-0.2, 0) is 9.53 Å². The Bertz CT molecular complexity index is 907. The molecule has 1 aliphatic carbocycles. The van der Waals surface area contributed by atoms with Gasteiger partial charge in [0.15, 0.2) is 5.69 Å². The maximum absolute atomic E-state index is 13.9. The van der Waals surface area contributed by atoms with Gasteiger partial charge in [-0.2, -0.15) is 0 Å². The van der Waals surface area contributed by atoms with Gasteiger partial charge in [0.2, 0.25) is 5.89 Å². The number of nitrogens with zero attached hydrogens (tertiary/aromatic N) is 1. The van der Waals surface area contributed by atoms with E-state index in [1.54, 1.807) is 20.8 Å². The van der Waals surface area contributed by atoms with Gasteiger partial charge in [-0.15, -0.1) is 0 Å². The molecule has 1 amide bonds. The van der Waals surface area contributed by atoms with Crippen LogP contribution in [0.3, 0.4) is 0 Å². The number of halogens is 2. The lowest BCUT2D eigenvalue weighted by Crippen LogP contribution is -2.76. The number of carbonyl (C=O) groups excluding carboxylic acids is 1. The van der Waals surface area contributed by atoms with Gasteiger partial charge in [0.05, 0.1) is 6.10 Å². The molecule has 9 heteroatoms. The van der Waals surface area contributed by atoms with Crippen LogP contribution in [0.15, 0.2) is 28.9 Å². The Kier molecular flexibility index (Phi) is 4.97. The molecule has 1 aromatic carbocycles. The van der Waals surface area contributed by atoms with E-state index < -0.39 is 45.9 Å². The summed E-state index contributed by atoms with van der Waals surface area (Å²) >= 11 is 0. The van der Waals surface area contributed by atoms with Gasteiger partial charge in [-0.3, -0.25) is 4.79 Å². The number of benzene rings is 1. The van der Waals surface area contributed by atoms with E-state index >= 15 is 0 Å². The molecule has 2 aromatic rings. The molecule has 0 radical (unpaired) electrons. The molecule has 2 unspecified atom stereocenters. The van der Waals surface area contributed by atoms with E-state index in [1.165, 1.54) is 6.07 Å². The molecule has 1 aromatic heterocycles. The first-order valence-corrected chi connectivity index (χ1v) is 8.71. The number of carboxylic acid groups (broad SMARTS) is 1. The van der Waals surface area contributed by atoms with Gasteiger partial charge in [-0.05, 0) is 19.1 Å². The molecule has 2 N–H and O–H groups in total. The molecule has 0 bridgehead atoms. The van der Waals surface area contributed by atoms with E-state index in [9.17, 15) is 23.5 Å². The van der Waals surface area contributed by atoms with Gasteiger partial charge >= 0.3 is 5.97 Å². The summed E-state index contributed by atoms with van der Waals surface area (Å²) in [7, 11) is 0. The summed E-state index contributed by atoms with van der Waals surface area (Å²) in [6, 6.07) is 3.26. The highest BCUT2D eigenvalue weighted by atomic mass is 19.1. The largest absolute Gasteiger partial charge is 0.479 e. The van der Waals surface area contributed by atoms with Crippen molar-refractivity contribution >= 4 is 11.9 Å². The second-order valence-corrected chi connectivity index (χ2v) is 7.17. The smallest absolute Gasteiger partial charge is 0.330 e. The minimum absolute atomic E-state index is 0.0849. The number of amides is 1. The third-order valence-electron chi connectivity index (χ3n) is 5.37. The summed E-state index contributed by atoms with van der Waals surface area (Å²) in [4.78, 5) is 28.4. The highest BCUT2D eigenvalue weighted by Gasteiger charge is 2.66. The summed E-state index contributed by atoms with van der Waals surface area (Å²) in [5.74, 6) is -4.22. The van der Waals surface area contributed by atoms with Crippen molar-refractivity contribution in [2.24, 2.45) is 5.41 Å². The lowest BCUT2D eigenvalue weighted by atomic mass is 9.54. The first-order valence-electron chi connectivity index (χ1n) is 8.71. The van der Waals surface area contributed by atoms with Crippen LogP contribution in [0, 0.1) is 17.0 Å². The predicted octanol–water partition coefficient (Wildman–Crippen LogP) is 3.01. The number of oxazole rings is 1. The number of ether oxygens (including phenoxy) is 1. The molecule has 28 heavy (non-hydrogen) atoms. The summed E-state index contributed by atoms with van der Waals surface area (Å²) in [5.41, 5.74) is -3.23. The van der Waals surface area contributed by atoms with Crippen LogP contribution < -0.4 is 5.32 Å². The van der Waals surface area contributed by atoms with Crippen molar-refractivity contribution < 1.29 is 32.6 Å². The number of aliphatic carboxylic acids is 1. The molecular formula is C19H20F2N2O5. The van der Waals surface area contributed by atoms with Crippen LogP contribution in [0.1, 0.15) is 37.7 Å². The Morgan fingerprint density at radius 3 is 2.54 bits per heavy atom. The first kappa shape index (κ1) is 19.9. The van der Waals surface area contributed by atoms with Crippen molar-refractivity contribution in [1.29, 1.82) is 0 Å². The second kappa shape index (κ2) is 6.97. The first-order chi connectivity index (χ1) is 13.1. The van der Waals surface area contributed by atoms with Crippen molar-refractivity contribution in [2.75, 3.05) is 6.61 Å². The van der Waals surface area contributed by atoms with E-state index in [0.29, 0.717) is 6.61 Å². The van der Waals surface area contributed by atoms with E-state index in [4.69, 9.17) is 9.15 Å². The molecule has 0 saturated heterocycles. The Balaban J connectivity index is 1.86. The van der Waals surface area contributed by atoms with E-state index in [-0.39, 0.29) is 18.2 Å². The van der Waals surface area contributed by atoms with E-state index in [0.717, 1.165) is 18.4 Å². The Morgan fingerprint density at radius 1 is 1.36 bits per heavy atom. The number of rotatable bonds is 6. The number of carbonyl (C=O) groups is 2. The molecule has 150 valence electrons. The second-order valence-electron chi connectivity index (χ2n) is 7.17. The van der Waals surface area contributed by atoms with E-state index in [2.05, 4.69) is 10.3 Å². The average Bonchev–Trinajstić information content (AvgIpc) is 3.10. The molecule has 1 fully saturated rings. The van der Waals surface area contributed by atoms with Crippen LogP contribution in [0.25, 0.3) is 11.5 Å². The maximum Gasteiger partial charge on any atom is 0.330 e. The molecule has 1 aliphatic rings. The predicted molar refractivity (Wildman–Crippen MR) is 93.5 cm³/mol. The van der Waals surface area contributed by atoms with Crippen LogP contribution in [-0.4, -0.2) is 40.2 Å². The Labute approximate surface area is 159 Å². The lowest BCUT2D eigenvalue weighted by molar-refractivity contribution is -0.190. The highest BCUT2D eigenvalue weighted by molar-refractivity contribution is 5.97. The van der Waals surface area contributed by atoms with E-state index in [1.807, 2.05) is 0 Å². The standard InChI is InChI=1S/C19H20F2N2O5/c1-4-27-13-8-19(17(25)26,18(13,2)3)23-15(24)12-9-28-16(22-12)14-10(20)6-5-7-11(14)21/h5-7,9,13H,4,8H2,1-3H3,(H,23,24)(H,25,26). The highest BCUT2D eigenvalue weighted by Crippen LogP contribution is 2.51. The minimum atomic E-state index is -1.56. The van der Waals surface area contributed by atoms with Crippen LogP contribution in [0.2, 0.25) is 0 Å². The van der Waals surface area contributed by atoms with Crippen LogP contribution >= 0.6 is 0 Å². The number of hydrogen-bond acceptors (Lipinski definition) is 5. The van der Waals surface area contributed by atoms with Crippen molar-refractivity contribution in [3.05, 3.63) is 41.8 Å². The summed E-state index contributed by atoms with van der Waals surface area (Å²) in [5, 5.41) is 12.2. The summed E-state index contributed by atoms with van der Waals surface area (Å²) in [6.45, 7) is 5.59. The van der Waals surface area contributed by atoms with Gasteiger partial charge in [0, 0.05) is 18.4 Å². The zero-order valence-corrected chi connectivity index (χ0v) is 15.6. The van der Waals surface area contributed by atoms with Crippen LogP contribution in [0.4, 0.5) is 8.78 Å². The summed E-state index contributed by atoms with van der Waals surface area (Å²) < 4.78 is 38.3. The normalized spacial score (nSPS) is 23.1. The van der Waals surface area contributed by atoms with Crippen molar-refractivity contribution in [3.63, 3.8) is 0 Å². The van der Waals surface area contributed by atoms with Gasteiger partial charge in [-0.25, -0.2) is 18.6 Å². The number of carboxylic acids is 1. The van der Waals surface area contributed by atoms with Gasteiger partial charge in [-0.1, -0.05) is 19.9 Å². The topological polar surface area (TPSA) is 102 Å². The average molecular weight is 394 g/mol. The Hall–Kier alpha value is -2.81. The fraction of sp³-hybridized carbons (Fsp3) is 0.421. The molecular weight excluding hydrogens is 374 g/mol. The molecule has 0 spiro atoms. The lowest BCUT2D eigenvalue weighted by Gasteiger charge is -2.58. The Morgan fingerprint density at radius 2 is 2.00 bits per heavy atom. The molecule has 1 saturated carbocycles. The molecule has 7 nitrogen and oxygen atoms in total. The molecule has 3 rings (SSSR count). The monoisotopic (exact) mass is 394 g/mol. The third-order valence-corrected chi connectivity index (χ3v) is 5.37. The molecule has 0 aliphatic heterocycles. The quantitative estimate of drug-likeness (QED) is 0.781. The minimum Gasteiger partial charge on any atom is -0.479 e. The zero-order valence-electron chi connectivity index (χ0n) is 15.6. The number of hydrogen-bond donors (Lipinski definition) is 2. The maximum atomic E-state index is 13.9. The third kappa shape index (κ3) is 2.95. The summed E-state index contributed by atoms with van der Waals surface area (Å²) in [6.07, 6.45) is 0.675. The molecule has 2 atom stereocenters.